The van der Waals surface area contributed by atoms with Gasteiger partial charge in [-0.05, 0) is 18.3 Å². The molecule has 1 nitrogen and oxygen atoms in total. The molecule has 2 bridgehead atoms. The van der Waals surface area contributed by atoms with Crippen molar-refractivity contribution in [3.63, 3.8) is 0 Å². The smallest absolute Gasteiger partial charge is 0.146 e. The van der Waals surface area contributed by atoms with Crippen molar-refractivity contribution < 1.29 is 4.79 Å². The Hall–Kier alpha value is -0.590. The van der Waals surface area contributed by atoms with E-state index in [4.69, 9.17) is 0 Å². The van der Waals surface area contributed by atoms with Crippen LogP contribution in [-0.4, -0.2) is 5.78 Å². The molecule has 0 amide bonds. The summed E-state index contributed by atoms with van der Waals surface area (Å²) in [5.74, 6) is 2.77. The maximum Gasteiger partial charge on any atom is 0.146 e. The lowest BCUT2D eigenvalue weighted by Crippen LogP contribution is -2.18. The van der Waals surface area contributed by atoms with Gasteiger partial charge in [-0.2, -0.15) is 0 Å². The van der Waals surface area contributed by atoms with Gasteiger partial charge in [-0.25, -0.2) is 0 Å². The number of fused-ring (bicyclic) bond motifs is 2. The maximum absolute atomic E-state index is 11.7. The standard InChI is InChI=1S/C12H16O/c13-12-9-5-6-10(12)11(7-9)8-3-1-2-4-8/h5-6,8-11H,1-4,7H2. The van der Waals surface area contributed by atoms with Crippen molar-refractivity contribution in [1.82, 2.24) is 0 Å². The summed E-state index contributed by atoms with van der Waals surface area (Å²) in [4.78, 5) is 11.7. The van der Waals surface area contributed by atoms with Crippen molar-refractivity contribution in [3.8, 4) is 0 Å². The normalized spacial score (nSPS) is 43.7. The average molecular weight is 176 g/mol. The minimum Gasteiger partial charge on any atom is -0.298 e. The number of ketones is 1. The molecular formula is C12H16O. The maximum atomic E-state index is 11.7. The topological polar surface area (TPSA) is 17.1 Å². The van der Waals surface area contributed by atoms with Crippen LogP contribution in [0.4, 0.5) is 0 Å². The predicted octanol–water partition coefficient (Wildman–Crippen LogP) is 2.57. The number of hydrogen-bond donors (Lipinski definition) is 0. The van der Waals surface area contributed by atoms with E-state index in [0.29, 0.717) is 17.6 Å². The lowest BCUT2D eigenvalue weighted by atomic mass is 9.81. The van der Waals surface area contributed by atoms with Gasteiger partial charge in [0.05, 0.1) is 0 Å². The molecule has 0 saturated heterocycles. The van der Waals surface area contributed by atoms with Crippen molar-refractivity contribution in [2.75, 3.05) is 0 Å². The molecule has 0 aromatic carbocycles. The van der Waals surface area contributed by atoms with Crippen LogP contribution in [0.15, 0.2) is 12.2 Å². The first-order valence-electron chi connectivity index (χ1n) is 5.58. The summed E-state index contributed by atoms with van der Waals surface area (Å²) in [6.45, 7) is 0. The van der Waals surface area contributed by atoms with E-state index in [1.165, 1.54) is 32.1 Å². The zero-order chi connectivity index (χ0) is 8.84. The zero-order valence-corrected chi connectivity index (χ0v) is 7.91. The average Bonchev–Trinajstić information content (AvgIpc) is 2.82. The van der Waals surface area contributed by atoms with Crippen molar-refractivity contribution in [2.24, 2.45) is 23.7 Å². The Bertz CT molecular complexity index is 260. The molecule has 13 heavy (non-hydrogen) atoms. The summed E-state index contributed by atoms with van der Waals surface area (Å²) in [5.41, 5.74) is 0. The van der Waals surface area contributed by atoms with Gasteiger partial charge in [0.2, 0.25) is 0 Å². The fourth-order valence-electron chi connectivity index (χ4n) is 3.55. The summed E-state index contributed by atoms with van der Waals surface area (Å²) in [7, 11) is 0. The van der Waals surface area contributed by atoms with E-state index in [1.807, 2.05) is 0 Å². The molecule has 70 valence electrons. The van der Waals surface area contributed by atoms with Gasteiger partial charge >= 0.3 is 0 Å². The third kappa shape index (κ3) is 1.02. The Labute approximate surface area is 79.2 Å². The van der Waals surface area contributed by atoms with E-state index in [2.05, 4.69) is 12.2 Å². The second-order valence-corrected chi connectivity index (χ2v) is 4.86. The Morgan fingerprint density at radius 3 is 2.46 bits per heavy atom. The van der Waals surface area contributed by atoms with E-state index in [9.17, 15) is 4.79 Å². The summed E-state index contributed by atoms with van der Waals surface area (Å²) in [6.07, 6.45) is 11.1. The zero-order valence-electron chi connectivity index (χ0n) is 7.91. The van der Waals surface area contributed by atoms with Gasteiger partial charge in [0.25, 0.3) is 0 Å². The monoisotopic (exact) mass is 176 g/mol. The minimum absolute atomic E-state index is 0.315. The molecular weight excluding hydrogens is 160 g/mol. The molecule has 0 heterocycles. The third-order valence-corrected chi connectivity index (χ3v) is 4.24. The number of rotatable bonds is 1. The van der Waals surface area contributed by atoms with Crippen LogP contribution in [0, 0.1) is 23.7 Å². The fourth-order valence-corrected chi connectivity index (χ4v) is 3.55. The SMILES string of the molecule is O=C1C2C=CC1C(C1CCCC1)C2. The second kappa shape index (κ2) is 2.70. The van der Waals surface area contributed by atoms with Gasteiger partial charge in [-0.1, -0.05) is 37.8 Å². The molecule has 3 aliphatic carbocycles. The molecule has 3 rings (SSSR count). The van der Waals surface area contributed by atoms with Crippen LogP contribution in [0.25, 0.3) is 0 Å². The van der Waals surface area contributed by atoms with Gasteiger partial charge < -0.3 is 0 Å². The van der Waals surface area contributed by atoms with Gasteiger partial charge in [-0.15, -0.1) is 0 Å². The number of allylic oxidation sites excluding steroid dienone is 2. The third-order valence-electron chi connectivity index (χ3n) is 4.24. The molecule has 2 saturated carbocycles. The highest BCUT2D eigenvalue weighted by Gasteiger charge is 2.46. The molecule has 1 heteroatoms. The summed E-state index contributed by atoms with van der Waals surface area (Å²) in [5, 5.41) is 0. The molecule has 3 aliphatic rings. The summed E-state index contributed by atoms with van der Waals surface area (Å²) < 4.78 is 0. The van der Waals surface area contributed by atoms with Crippen LogP contribution in [0.1, 0.15) is 32.1 Å². The highest BCUT2D eigenvalue weighted by molar-refractivity contribution is 5.91. The molecule has 0 aliphatic heterocycles. The van der Waals surface area contributed by atoms with E-state index < -0.39 is 0 Å². The lowest BCUT2D eigenvalue weighted by molar-refractivity contribution is -0.121. The van der Waals surface area contributed by atoms with Crippen molar-refractivity contribution in [3.05, 3.63) is 12.2 Å². The molecule has 0 radical (unpaired) electrons. The van der Waals surface area contributed by atoms with Gasteiger partial charge in [0.1, 0.15) is 5.78 Å². The second-order valence-electron chi connectivity index (χ2n) is 4.86. The van der Waals surface area contributed by atoms with Crippen LogP contribution >= 0.6 is 0 Å². The van der Waals surface area contributed by atoms with Crippen LogP contribution < -0.4 is 0 Å². The Kier molecular flexibility index (Phi) is 1.61. The highest BCUT2D eigenvalue weighted by Crippen LogP contribution is 2.48. The van der Waals surface area contributed by atoms with Crippen LogP contribution in [-0.2, 0) is 4.79 Å². The Morgan fingerprint density at radius 2 is 1.92 bits per heavy atom. The van der Waals surface area contributed by atoms with E-state index in [0.717, 1.165) is 11.8 Å². The molecule has 0 N–H and O–H groups in total. The number of carbonyl (C=O) groups is 1. The van der Waals surface area contributed by atoms with E-state index in [-0.39, 0.29) is 0 Å². The van der Waals surface area contributed by atoms with Gasteiger partial charge in [0.15, 0.2) is 0 Å². The largest absolute Gasteiger partial charge is 0.298 e. The lowest BCUT2D eigenvalue weighted by Gasteiger charge is -2.23. The molecule has 0 spiro atoms. The van der Waals surface area contributed by atoms with Crippen molar-refractivity contribution in [1.29, 1.82) is 0 Å². The molecule has 0 aromatic rings. The van der Waals surface area contributed by atoms with Crippen LogP contribution in [0.5, 0.6) is 0 Å². The fraction of sp³-hybridized carbons (Fsp3) is 0.750. The van der Waals surface area contributed by atoms with Gasteiger partial charge in [0, 0.05) is 11.8 Å². The highest BCUT2D eigenvalue weighted by atomic mass is 16.1. The first-order valence-corrected chi connectivity index (χ1v) is 5.58. The van der Waals surface area contributed by atoms with Crippen molar-refractivity contribution >= 4 is 5.78 Å². The number of Topliss-reactive ketones (excluding diaryl/α,β-unsaturated/α-hetero) is 1. The number of carbonyl (C=O) groups excluding carboxylic acids is 1. The minimum atomic E-state index is 0.315. The van der Waals surface area contributed by atoms with E-state index in [1.54, 1.807) is 0 Å². The van der Waals surface area contributed by atoms with Crippen molar-refractivity contribution in [2.45, 2.75) is 32.1 Å². The summed E-state index contributed by atoms with van der Waals surface area (Å²) >= 11 is 0. The Balaban J connectivity index is 1.80. The quantitative estimate of drug-likeness (QED) is 0.561. The Morgan fingerprint density at radius 1 is 1.15 bits per heavy atom. The first kappa shape index (κ1) is 7.78. The first-order chi connectivity index (χ1) is 6.36. The van der Waals surface area contributed by atoms with Gasteiger partial charge in [-0.3, -0.25) is 4.79 Å². The van der Waals surface area contributed by atoms with E-state index >= 15 is 0 Å². The van der Waals surface area contributed by atoms with Crippen LogP contribution in [0.3, 0.4) is 0 Å². The molecule has 3 atom stereocenters. The molecule has 2 fully saturated rings. The molecule has 3 unspecified atom stereocenters. The summed E-state index contributed by atoms with van der Waals surface area (Å²) in [6, 6.07) is 0. The number of hydrogen-bond acceptors (Lipinski definition) is 1. The van der Waals surface area contributed by atoms with Crippen LogP contribution in [0.2, 0.25) is 0 Å². The predicted molar refractivity (Wildman–Crippen MR) is 51.2 cm³/mol. The molecule has 0 aromatic heterocycles.